The van der Waals surface area contributed by atoms with Gasteiger partial charge in [-0.05, 0) is 80.6 Å². The maximum Gasteiger partial charge on any atom is 0.225 e. The van der Waals surface area contributed by atoms with Gasteiger partial charge in [0, 0.05) is 31.6 Å². The van der Waals surface area contributed by atoms with E-state index in [9.17, 15) is 0 Å². The zero-order valence-electron chi connectivity index (χ0n) is 21.2. The van der Waals surface area contributed by atoms with Crippen LogP contribution in [-0.4, -0.2) is 42.7 Å². The van der Waals surface area contributed by atoms with Crippen molar-refractivity contribution < 1.29 is 4.74 Å². The van der Waals surface area contributed by atoms with Crippen LogP contribution in [-0.2, 0) is 6.42 Å². The van der Waals surface area contributed by atoms with Gasteiger partial charge in [0.2, 0.25) is 5.95 Å². The Hall–Kier alpha value is -3.64. The molecule has 2 N–H and O–H groups in total. The molecule has 1 aromatic heterocycles. The van der Waals surface area contributed by atoms with E-state index < -0.39 is 0 Å². The summed E-state index contributed by atoms with van der Waals surface area (Å²) in [4.78, 5) is 11.6. The molecule has 36 heavy (non-hydrogen) atoms. The summed E-state index contributed by atoms with van der Waals surface area (Å²) < 4.78 is 5.98. The first kappa shape index (κ1) is 24.1. The minimum absolute atomic E-state index is 0.408. The minimum Gasteiger partial charge on any atom is -0.457 e. The third-order valence-electron chi connectivity index (χ3n) is 6.79. The Balaban J connectivity index is 1.09. The molecule has 0 radical (unpaired) electrons. The number of rotatable bonds is 9. The number of hydrogen-bond acceptors (Lipinski definition) is 6. The van der Waals surface area contributed by atoms with Crippen LogP contribution in [0.1, 0.15) is 31.2 Å². The second-order valence-electron chi connectivity index (χ2n) is 9.74. The fourth-order valence-corrected chi connectivity index (χ4v) is 4.90. The number of ether oxygens (including phenoxy) is 1. The molecule has 186 valence electrons. The third kappa shape index (κ3) is 6.13. The Morgan fingerprint density at radius 3 is 2.33 bits per heavy atom. The van der Waals surface area contributed by atoms with E-state index >= 15 is 0 Å². The topological polar surface area (TPSA) is 62.3 Å². The van der Waals surface area contributed by atoms with Gasteiger partial charge in [-0.15, -0.1) is 0 Å². The van der Waals surface area contributed by atoms with E-state index in [0.717, 1.165) is 72.8 Å². The van der Waals surface area contributed by atoms with Crippen LogP contribution in [0.4, 0.5) is 11.8 Å². The van der Waals surface area contributed by atoms with E-state index in [1.807, 2.05) is 62.6 Å². The summed E-state index contributed by atoms with van der Waals surface area (Å²) in [5, 5.41) is 8.45. The van der Waals surface area contributed by atoms with Gasteiger partial charge in [0.05, 0.1) is 5.52 Å². The number of benzene rings is 3. The average molecular weight is 482 g/mol. The van der Waals surface area contributed by atoms with Crippen molar-refractivity contribution in [1.82, 2.24) is 15.3 Å². The molecule has 0 amide bonds. The lowest BCUT2D eigenvalue weighted by Gasteiger charge is -2.30. The van der Waals surface area contributed by atoms with Gasteiger partial charge in [-0.2, -0.15) is 4.98 Å². The first-order chi connectivity index (χ1) is 17.6. The Morgan fingerprint density at radius 2 is 1.53 bits per heavy atom. The van der Waals surface area contributed by atoms with Gasteiger partial charge in [-0.3, -0.25) is 0 Å². The highest BCUT2D eigenvalue weighted by Crippen LogP contribution is 2.27. The monoisotopic (exact) mass is 481 g/mol. The van der Waals surface area contributed by atoms with Crippen LogP contribution in [0.15, 0.2) is 78.9 Å². The van der Waals surface area contributed by atoms with Crippen LogP contribution in [0.2, 0.25) is 0 Å². The summed E-state index contributed by atoms with van der Waals surface area (Å²) in [6, 6.07) is 27.5. The number of hydrogen-bond donors (Lipinski definition) is 2. The quantitative estimate of drug-likeness (QED) is 0.304. The van der Waals surface area contributed by atoms with Crippen LogP contribution >= 0.6 is 0 Å². The highest BCUT2D eigenvalue weighted by molar-refractivity contribution is 5.90. The molecule has 1 fully saturated rings. The summed E-state index contributed by atoms with van der Waals surface area (Å²) in [5.74, 6) is 3.44. The highest BCUT2D eigenvalue weighted by atomic mass is 16.5. The van der Waals surface area contributed by atoms with E-state index in [-0.39, 0.29) is 0 Å². The zero-order valence-corrected chi connectivity index (χ0v) is 21.2. The first-order valence-corrected chi connectivity index (χ1v) is 12.9. The van der Waals surface area contributed by atoms with Crippen LogP contribution in [0.3, 0.4) is 0 Å². The van der Waals surface area contributed by atoms with E-state index in [0.29, 0.717) is 12.1 Å². The average Bonchev–Trinajstić information content (AvgIpc) is 2.90. The number of para-hydroxylation sites is 2. The first-order valence-electron chi connectivity index (χ1n) is 12.9. The fraction of sp³-hybridized carbons (Fsp3) is 0.333. The Labute approximate surface area is 213 Å². The van der Waals surface area contributed by atoms with Crippen molar-refractivity contribution in [3.8, 4) is 11.5 Å². The number of nitrogens with zero attached hydrogens (tertiary/aromatic N) is 3. The van der Waals surface area contributed by atoms with Gasteiger partial charge in [0.15, 0.2) is 0 Å². The number of aromatic nitrogens is 2. The summed E-state index contributed by atoms with van der Waals surface area (Å²) in [7, 11) is 4.06. The van der Waals surface area contributed by atoms with E-state index in [1.54, 1.807) is 0 Å². The molecule has 0 unspecified atom stereocenters. The van der Waals surface area contributed by atoms with Crippen molar-refractivity contribution in [2.75, 3.05) is 30.9 Å². The lowest BCUT2D eigenvalue weighted by Crippen LogP contribution is -2.38. The molecule has 1 heterocycles. The number of anilines is 2. The van der Waals surface area contributed by atoms with Crippen LogP contribution in [0.5, 0.6) is 11.5 Å². The second-order valence-corrected chi connectivity index (χ2v) is 9.74. The largest absolute Gasteiger partial charge is 0.457 e. The zero-order chi connectivity index (χ0) is 24.7. The molecule has 1 aliphatic carbocycles. The molecule has 0 atom stereocenters. The molecule has 3 aromatic carbocycles. The molecule has 1 aliphatic rings. The standard InChI is InChI=1S/C30H35N5O/c1-35(2)29-27-13-6-7-14-28(27)33-30(34-29)32-24-17-15-23(16-18-24)31-20-19-22-9-8-12-26(21-22)36-25-10-4-3-5-11-25/h3-14,21,23-24,31H,15-20H2,1-2H3,(H,32,33,34). The van der Waals surface area contributed by atoms with Crippen LogP contribution < -0.4 is 20.3 Å². The molecule has 6 heteroatoms. The molecule has 0 saturated heterocycles. The van der Waals surface area contributed by atoms with Crippen molar-refractivity contribution in [3.05, 3.63) is 84.4 Å². The van der Waals surface area contributed by atoms with Gasteiger partial charge < -0.3 is 20.3 Å². The molecule has 0 spiro atoms. The van der Waals surface area contributed by atoms with Gasteiger partial charge in [0.25, 0.3) is 0 Å². The van der Waals surface area contributed by atoms with E-state index in [1.165, 1.54) is 5.56 Å². The van der Waals surface area contributed by atoms with Gasteiger partial charge in [-0.1, -0.05) is 42.5 Å². The fourth-order valence-electron chi connectivity index (χ4n) is 4.90. The third-order valence-corrected chi connectivity index (χ3v) is 6.79. The summed E-state index contributed by atoms with van der Waals surface area (Å²) in [6.45, 7) is 0.970. The number of fused-ring (bicyclic) bond motifs is 1. The molecular weight excluding hydrogens is 446 g/mol. The lowest BCUT2D eigenvalue weighted by molar-refractivity contribution is 0.355. The number of nitrogens with one attached hydrogen (secondary N) is 2. The molecule has 0 bridgehead atoms. The van der Waals surface area contributed by atoms with Crippen molar-refractivity contribution in [2.24, 2.45) is 0 Å². The van der Waals surface area contributed by atoms with Crippen molar-refractivity contribution in [3.63, 3.8) is 0 Å². The van der Waals surface area contributed by atoms with Gasteiger partial charge >= 0.3 is 0 Å². The summed E-state index contributed by atoms with van der Waals surface area (Å²) >= 11 is 0. The maximum absolute atomic E-state index is 5.98. The Bertz CT molecular complexity index is 1270. The van der Waals surface area contributed by atoms with Crippen LogP contribution in [0.25, 0.3) is 10.9 Å². The molecule has 1 saturated carbocycles. The predicted octanol–water partition coefficient (Wildman–Crippen LogP) is 6.04. The van der Waals surface area contributed by atoms with Crippen molar-refractivity contribution >= 4 is 22.7 Å². The lowest BCUT2D eigenvalue weighted by atomic mass is 9.91. The normalized spacial score (nSPS) is 17.6. The molecular formula is C30H35N5O. The molecule has 4 aromatic rings. The maximum atomic E-state index is 5.98. The predicted molar refractivity (Wildman–Crippen MR) is 148 cm³/mol. The van der Waals surface area contributed by atoms with Crippen LogP contribution in [0, 0.1) is 0 Å². The van der Waals surface area contributed by atoms with Crippen molar-refractivity contribution in [1.29, 1.82) is 0 Å². The SMILES string of the molecule is CN(C)c1nc(NC2CCC(NCCc3cccc(Oc4ccccc4)c3)CC2)nc2ccccc12. The Kier molecular flexibility index (Phi) is 7.62. The smallest absolute Gasteiger partial charge is 0.225 e. The van der Waals surface area contributed by atoms with Gasteiger partial charge in [0.1, 0.15) is 17.3 Å². The molecule has 5 rings (SSSR count). The summed E-state index contributed by atoms with van der Waals surface area (Å²) in [5.41, 5.74) is 2.27. The molecule has 0 aliphatic heterocycles. The van der Waals surface area contributed by atoms with Crippen molar-refractivity contribution in [2.45, 2.75) is 44.2 Å². The van der Waals surface area contributed by atoms with E-state index in [2.05, 4.69) is 45.9 Å². The second kappa shape index (κ2) is 11.4. The molecule has 6 nitrogen and oxygen atoms in total. The highest BCUT2D eigenvalue weighted by Gasteiger charge is 2.22. The van der Waals surface area contributed by atoms with E-state index in [4.69, 9.17) is 14.7 Å². The Morgan fingerprint density at radius 1 is 0.806 bits per heavy atom. The minimum atomic E-state index is 0.408. The van der Waals surface area contributed by atoms with Gasteiger partial charge in [-0.25, -0.2) is 4.98 Å². The summed E-state index contributed by atoms with van der Waals surface area (Å²) in [6.07, 6.45) is 5.53.